The number of Topliss-reactive ketones (excluding diaryl/α,β-unsaturated/α-hetero) is 1. The quantitative estimate of drug-likeness (QED) is 0.402. The van der Waals surface area contributed by atoms with Crippen LogP contribution in [-0.2, 0) is 23.9 Å². The van der Waals surface area contributed by atoms with E-state index in [0.29, 0.717) is 38.6 Å². The first kappa shape index (κ1) is 28.1. The molecule has 4 saturated carbocycles. The maximum atomic E-state index is 14.5. The number of rotatable bonds is 4. The van der Waals surface area contributed by atoms with E-state index in [1.807, 2.05) is 25.9 Å². The molecule has 6 aliphatic rings. The van der Waals surface area contributed by atoms with Crippen molar-refractivity contribution in [2.24, 2.45) is 52.8 Å². The molecule has 6 rings (SSSR count). The van der Waals surface area contributed by atoms with Crippen LogP contribution in [0, 0.1) is 52.8 Å². The van der Waals surface area contributed by atoms with Gasteiger partial charge in [-0.25, -0.2) is 0 Å². The molecule has 8 nitrogen and oxygen atoms in total. The van der Waals surface area contributed by atoms with Crippen molar-refractivity contribution in [1.82, 2.24) is 4.90 Å². The summed E-state index contributed by atoms with van der Waals surface area (Å²) in [5.41, 5.74) is -0.511. The Labute approximate surface area is 237 Å². The molecular formula is C32H45NO7. The first-order valence-electron chi connectivity index (χ1n) is 15.3. The Bertz CT molecular complexity index is 1130. The fourth-order valence-corrected chi connectivity index (χ4v) is 10.3. The minimum absolute atomic E-state index is 0.0258. The first-order chi connectivity index (χ1) is 19.0. The number of hydrogen-bond acceptors (Lipinski definition) is 8. The monoisotopic (exact) mass is 555 g/mol. The van der Waals surface area contributed by atoms with Gasteiger partial charge in [0.2, 0.25) is 0 Å². The molecule has 0 aromatic heterocycles. The maximum Gasteiger partial charge on any atom is 0.310 e. The molecule has 1 spiro atoms. The molecule has 4 aliphatic carbocycles. The van der Waals surface area contributed by atoms with Gasteiger partial charge >= 0.3 is 11.9 Å². The maximum absolute atomic E-state index is 14.5. The van der Waals surface area contributed by atoms with E-state index in [2.05, 4.69) is 13.2 Å². The van der Waals surface area contributed by atoms with E-state index in [-0.39, 0.29) is 59.7 Å². The van der Waals surface area contributed by atoms with Gasteiger partial charge < -0.3 is 24.6 Å². The van der Waals surface area contributed by atoms with Gasteiger partial charge in [-0.1, -0.05) is 31.2 Å². The Morgan fingerprint density at radius 3 is 2.15 bits per heavy atom. The molecule has 2 aliphatic heterocycles. The number of carbonyl (C=O) groups excluding carboxylic acids is 3. The third kappa shape index (κ3) is 3.77. The van der Waals surface area contributed by atoms with Crippen molar-refractivity contribution in [2.75, 3.05) is 27.2 Å². The molecule has 0 radical (unpaired) electrons. The second-order valence-corrected chi connectivity index (χ2v) is 14.0. The largest absolute Gasteiger partial charge is 0.461 e. The molecule has 2 unspecified atom stereocenters. The Morgan fingerprint density at radius 1 is 0.925 bits per heavy atom. The minimum Gasteiger partial charge on any atom is -0.461 e. The van der Waals surface area contributed by atoms with E-state index < -0.39 is 41.7 Å². The van der Waals surface area contributed by atoms with Crippen molar-refractivity contribution in [3.8, 4) is 0 Å². The Hall–Kier alpha value is -2.03. The Kier molecular flexibility index (Phi) is 6.87. The molecular weight excluding hydrogens is 510 g/mol. The van der Waals surface area contributed by atoms with E-state index in [1.54, 1.807) is 0 Å². The molecule has 12 atom stereocenters. The zero-order valence-corrected chi connectivity index (χ0v) is 24.1. The van der Waals surface area contributed by atoms with E-state index >= 15 is 0 Å². The molecule has 0 amide bonds. The van der Waals surface area contributed by atoms with Crippen molar-refractivity contribution in [3.05, 3.63) is 24.3 Å². The van der Waals surface area contributed by atoms with Crippen LogP contribution < -0.4 is 0 Å². The van der Waals surface area contributed by atoms with Gasteiger partial charge in [-0.2, -0.15) is 0 Å². The van der Waals surface area contributed by atoms with Crippen LogP contribution in [-0.4, -0.2) is 77.9 Å². The minimum atomic E-state index is -1.51. The van der Waals surface area contributed by atoms with E-state index in [4.69, 9.17) is 9.47 Å². The first-order valence-corrected chi connectivity index (χ1v) is 15.3. The Morgan fingerprint density at radius 2 is 1.52 bits per heavy atom. The Balaban J connectivity index is 1.50. The molecule has 0 bridgehead atoms. The summed E-state index contributed by atoms with van der Waals surface area (Å²) in [6.07, 6.45) is 3.41. The van der Waals surface area contributed by atoms with Gasteiger partial charge in [0, 0.05) is 48.0 Å². The second-order valence-electron chi connectivity index (χ2n) is 14.0. The van der Waals surface area contributed by atoms with Crippen molar-refractivity contribution >= 4 is 17.7 Å². The van der Waals surface area contributed by atoms with Gasteiger partial charge in [0.1, 0.15) is 18.0 Å². The highest BCUT2D eigenvalue weighted by Crippen LogP contribution is 2.68. The van der Waals surface area contributed by atoms with Crippen LogP contribution >= 0.6 is 0 Å². The van der Waals surface area contributed by atoms with E-state index in [1.165, 1.54) is 0 Å². The van der Waals surface area contributed by atoms with Gasteiger partial charge in [-0.3, -0.25) is 14.4 Å². The van der Waals surface area contributed by atoms with Crippen molar-refractivity contribution in [3.63, 3.8) is 0 Å². The number of esters is 2. The lowest BCUT2D eigenvalue weighted by Gasteiger charge is -2.57. The normalized spacial score (nSPS) is 48.3. The van der Waals surface area contributed by atoms with Crippen LogP contribution in [0.5, 0.6) is 0 Å². The SMILES string of the molecule is C=C1CC[C@H]2C(CN(C)C)C(=O)O[C@@H]2[C@@H]2[C@H]1CC(=O)[C@]21CC[C@@](O)(CO)[C@@H]2[C@H]3OC(=O)C(CC)[C@@H]3CCC(=C)[C@@H]21. The van der Waals surface area contributed by atoms with Crippen molar-refractivity contribution in [2.45, 2.75) is 76.1 Å². The zero-order chi connectivity index (χ0) is 28.7. The highest BCUT2D eigenvalue weighted by atomic mass is 16.6. The summed E-state index contributed by atoms with van der Waals surface area (Å²) < 4.78 is 12.4. The topological polar surface area (TPSA) is 113 Å². The number of ether oxygens (including phenoxy) is 2. The summed E-state index contributed by atoms with van der Waals surface area (Å²) in [4.78, 5) is 42.9. The second kappa shape index (κ2) is 9.77. The summed E-state index contributed by atoms with van der Waals surface area (Å²) in [6, 6.07) is 0. The number of aliphatic hydroxyl groups excluding tert-OH is 1. The summed E-state index contributed by atoms with van der Waals surface area (Å²) in [7, 11) is 3.92. The molecule has 0 aromatic rings. The number of carbonyl (C=O) groups is 3. The lowest BCUT2D eigenvalue weighted by molar-refractivity contribution is -0.196. The summed E-state index contributed by atoms with van der Waals surface area (Å²) in [6.45, 7) is 11.1. The summed E-state index contributed by atoms with van der Waals surface area (Å²) >= 11 is 0. The number of fused-ring (bicyclic) bond motifs is 8. The average Bonchev–Trinajstić information content (AvgIpc) is 3.42. The average molecular weight is 556 g/mol. The molecule has 40 heavy (non-hydrogen) atoms. The molecule has 8 heteroatoms. The van der Waals surface area contributed by atoms with Gasteiger partial charge in [0.25, 0.3) is 0 Å². The van der Waals surface area contributed by atoms with Crippen LogP contribution in [0.1, 0.15) is 58.3 Å². The summed E-state index contributed by atoms with van der Waals surface area (Å²) in [5.74, 6) is -2.53. The standard InChI is InChI=1S/C32H45NO7/c1-6-18-19-10-8-17(3)24-26(28(19)40-29(18)36)31(38,15-34)11-12-32(24)23(35)13-21-16(2)7-9-20-22(14-33(4)5)30(37)39-27(20)25(21)32/h18-22,24-28,34,38H,2-3,6-15H2,1,4-5H3/t18?,19-,20-,21-,22?,24-,25-,26-,27-,28-,31+,32-/m0/s1. The fraction of sp³-hybridized carbons (Fsp3) is 0.781. The lowest BCUT2D eigenvalue weighted by Crippen LogP contribution is -2.63. The van der Waals surface area contributed by atoms with Crippen LogP contribution in [0.25, 0.3) is 0 Å². The number of aliphatic hydroxyl groups is 2. The number of nitrogens with zero attached hydrogens (tertiary/aromatic N) is 1. The molecule has 6 fully saturated rings. The smallest absolute Gasteiger partial charge is 0.310 e. The van der Waals surface area contributed by atoms with E-state index in [9.17, 15) is 24.6 Å². The van der Waals surface area contributed by atoms with Gasteiger partial charge in [-0.15, -0.1) is 0 Å². The van der Waals surface area contributed by atoms with Crippen molar-refractivity contribution in [1.29, 1.82) is 0 Å². The molecule has 2 heterocycles. The van der Waals surface area contributed by atoms with Crippen LogP contribution in [0.2, 0.25) is 0 Å². The highest BCUT2D eigenvalue weighted by molar-refractivity contribution is 5.90. The van der Waals surface area contributed by atoms with Crippen LogP contribution in [0.3, 0.4) is 0 Å². The predicted octanol–water partition coefficient (Wildman–Crippen LogP) is 2.91. The highest BCUT2D eigenvalue weighted by Gasteiger charge is 2.72. The number of ketones is 1. The number of hydrogen-bond donors (Lipinski definition) is 2. The summed E-state index contributed by atoms with van der Waals surface area (Å²) in [5, 5.41) is 22.6. The van der Waals surface area contributed by atoms with Gasteiger partial charge in [0.15, 0.2) is 0 Å². The van der Waals surface area contributed by atoms with E-state index in [0.717, 1.165) is 24.0 Å². The van der Waals surface area contributed by atoms with Crippen LogP contribution in [0.4, 0.5) is 0 Å². The third-order valence-corrected chi connectivity index (χ3v) is 12.0. The molecule has 220 valence electrons. The van der Waals surface area contributed by atoms with Crippen LogP contribution in [0.15, 0.2) is 24.3 Å². The number of allylic oxidation sites excluding steroid dienone is 2. The predicted molar refractivity (Wildman–Crippen MR) is 147 cm³/mol. The fourth-order valence-electron chi connectivity index (χ4n) is 10.3. The third-order valence-electron chi connectivity index (χ3n) is 12.0. The molecule has 2 saturated heterocycles. The van der Waals surface area contributed by atoms with Crippen molar-refractivity contribution < 1.29 is 34.1 Å². The molecule has 0 aromatic carbocycles. The van der Waals surface area contributed by atoms with Gasteiger partial charge in [0.05, 0.1) is 24.0 Å². The lowest BCUT2D eigenvalue weighted by atomic mass is 9.48. The molecule has 2 N–H and O–H groups in total. The van der Waals surface area contributed by atoms with Gasteiger partial charge in [-0.05, 0) is 65.0 Å². The zero-order valence-electron chi connectivity index (χ0n) is 24.1.